The van der Waals surface area contributed by atoms with Crippen molar-refractivity contribution < 1.29 is 13.9 Å². The van der Waals surface area contributed by atoms with E-state index in [0.29, 0.717) is 41.7 Å². The summed E-state index contributed by atoms with van der Waals surface area (Å²) >= 11 is 0. The Labute approximate surface area is 203 Å². The Morgan fingerprint density at radius 2 is 2.17 bits per heavy atom. The first-order valence-corrected chi connectivity index (χ1v) is 12.2. The molecule has 0 radical (unpaired) electrons. The molecule has 2 aliphatic rings. The van der Waals surface area contributed by atoms with Crippen LogP contribution in [0.25, 0.3) is 22.3 Å². The monoisotopic (exact) mass is 475 g/mol. The van der Waals surface area contributed by atoms with E-state index in [9.17, 15) is 14.0 Å². The lowest BCUT2D eigenvalue weighted by Crippen LogP contribution is -2.30. The van der Waals surface area contributed by atoms with Crippen LogP contribution >= 0.6 is 0 Å². The molecule has 2 unspecified atom stereocenters. The van der Waals surface area contributed by atoms with Crippen LogP contribution in [0.5, 0.6) is 0 Å². The molecule has 2 atom stereocenters. The van der Waals surface area contributed by atoms with Crippen LogP contribution in [0, 0.1) is 12.7 Å². The summed E-state index contributed by atoms with van der Waals surface area (Å²) in [5.41, 5.74) is 6.89. The summed E-state index contributed by atoms with van der Waals surface area (Å²) in [6, 6.07) is 3.31. The topological polar surface area (TPSA) is 73.2 Å². The van der Waals surface area contributed by atoms with Gasteiger partial charge in [-0.05, 0) is 60.4 Å². The van der Waals surface area contributed by atoms with Crippen molar-refractivity contribution in [1.29, 1.82) is 0 Å². The van der Waals surface area contributed by atoms with Crippen LogP contribution in [0.2, 0.25) is 0 Å². The van der Waals surface area contributed by atoms with E-state index in [1.807, 2.05) is 6.07 Å². The number of hydrogen-bond donors (Lipinski definition) is 1. The number of hydrogen-bond acceptors (Lipinski definition) is 4. The molecule has 1 aliphatic carbocycles. The summed E-state index contributed by atoms with van der Waals surface area (Å²) in [7, 11) is 0. The maximum atomic E-state index is 14.9. The Bertz CT molecular complexity index is 1460. The number of carbonyl (C=O) groups excluding carboxylic acids is 1. The van der Waals surface area contributed by atoms with E-state index in [0.717, 1.165) is 39.8 Å². The molecule has 1 amide bonds. The minimum Gasteiger partial charge on any atom is -0.497 e. The number of halogens is 1. The maximum Gasteiger partial charge on any atom is 0.258 e. The van der Waals surface area contributed by atoms with E-state index in [-0.39, 0.29) is 35.9 Å². The molecule has 6 nitrogen and oxygen atoms in total. The predicted octanol–water partition coefficient (Wildman–Crippen LogP) is 5.17. The number of rotatable bonds is 6. The molecule has 182 valence electrons. The van der Waals surface area contributed by atoms with Gasteiger partial charge in [0.15, 0.2) is 0 Å². The van der Waals surface area contributed by atoms with E-state index in [1.54, 1.807) is 11.5 Å². The highest BCUT2D eigenvalue weighted by atomic mass is 19.1. The van der Waals surface area contributed by atoms with Crippen molar-refractivity contribution in [3.05, 3.63) is 74.5 Å². The Morgan fingerprint density at radius 1 is 1.40 bits per heavy atom. The van der Waals surface area contributed by atoms with Gasteiger partial charge in [-0.3, -0.25) is 9.59 Å². The molecule has 3 heterocycles. The first kappa shape index (κ1) is 23.3. The largest absolute Gasteiger partial charge is 0.497 e. The average molecular weight is 476 g/mol. The van der Waals surface area contributed by atoms with E-state index in [2.05, 4.69) is 25.7 Å². The summed E-state index contributed by atoms with van der Waals surface area (Å²) in [6.45, 7) is 11.6. The summed E-state index contributed by atoms with van der Waals surface area (Å²) in [5.74, 6) is -0.248. The number of pyridine rings is 2. The summed E-state index contributed by atoms with van der Waals surface area (Å²) in [6.07, 6.45) is 3.55. The van der Waals surface area contributed by atoms with Crippen molar-refractivity contribution in [2.75, 3.05) is 0 Å². The van der Waals surface area contributed by atoms with Crippen molar-refractivity contribution in [1.82, 2.24) is 14.9 Å². The van der Waals surface area contributed by atoms with Gasteiger partial charge >= 0.3 is 0 Å². The number of nitrogens with one attached hydrogen (secondary N) is 1. The third kappa shape index (κ3) is 3.56. The number of nitrogens with zero attached hydrogens (tertiary/aromatic N) is 2. The molecular formula is C28H30FN3O3. The zero-order valence-corrected chi connectivity index (χ0v) is 20.6. The van der Waals surface area contributed by atoms with Crippen molar-refractivity contribution in [2.45, 2.75) is 72.1 Å². The van der Waals surface area contributed by atoms with Crippen LogP contribution in [-0.4, -0.2) is 15.5 Å². The first-order chi connectivity index (χ1) is 16.8. The Balaban J connectivity index is 1.82. The fraction of sp³-hybridized carbons (Fsp3) is 0.393. The van der Waals surface area contributed by atoms with Gasteiger partial charge in [-0.2, -0.15) is 0 Å². The number of benzene rings is 1. The lowest BCUT2D eigenvalue weighted by Gasteiger charge is -2.29. The summed E-state index contributed by atoms with van der Waals surface area (Å²) in [5, 5.41) is 4.00. The predicted molar refractivity (Wildman–Crippen MR) is 134 cm³/mol. The van der Waals surface area contributed by atoms with Crippen LogP contribution in [0.1, 0.15) is 79.0 Å². The molecule has 1 aromatic carbocycles. The molecular weight excluding hydrogens is 445 g/mol. The molecule has 7 heteroatoms. The molecule has 0 bridgehead atoms. The standard InChI is InChI=1S/C28H30FN3O3/c1-6-14(3)18-10-24-27-19(12-32(24)28(34)20(18)13-35-7-2)26-22(30-16(5)33)9-8-17-15(4)21(29)11-23(31-27)25(17)26/h7,10-11,14,22H,2,6,8-9,12-13H2,1,3-5H3,(H,30,33). The second kappa shape index (κ2) is 8.63. The molecule has 1 N–H and O–H groups in total. The Morgan fingerprint density at radius 3 is 2.86 bits per heavy atom. The van der Waals surface area contributed by atoms with Crippen LogP contribution in [0.15, 0.2) is 29.8 Å². The van der Waals surface area contributed by atoms with Gasteiger partial charge in [0.05, 0.1) is 41.3 Å². The highest BCUT2D eigenvalue weighted by molar-refractivity contribution is 5.93. The zero-order valence-electron chi connectivity index (χ0n) is 20.6. The molecule has 1 aliphatic heterocycles. The van der Waals surface area contributed by atoms with Crippen molar-refractivity contribution in [3.8, 4) is 11.4 Å². The lowest BCUT2D eigenvalue weighted by molar-refractivity contribution is -0.119. The van der Waals surface area contributed by atoms with Gasteiger partial charge in [0.2, 0.25) is 5.91 Å². The number of amides is 1. The van der Waals surface area contributed by atoms with Gasteiger partial charge < -0.3 is 14.6 Å². The minimum absolute atomic E-state index is 0.108. The summed E-state index contributed by atoms with van der Waals surface area (Å²) in [4.78, 5) is 30.7. The number of fused-ring (bicyclic) bond motifs is 4. The quantitative estimate of drug-likeness (QED) is 0.391. The van der Waals surface area contributed by atoms with Crippen LogP contribution in [-0.2, 0) is 29.1 Å². The molecule has 5 rings (SSSR count). The number of ether oxygens (including phenoxy) is 1. The van der Waals surface area contributed by atoms with E-state index >= 15 is 0 Å². The Kier molecular flexibility index (Phi) is 5.74. The Hall–Kier alpha value is -3.48. The van der Waals surface area contributed by atoms with E-state index in [1.165, 1.54) is 19.3 Å². The molecule has 0 fully saturated rings. The van der Waals surface area contributed by atoms with Gasteiger partial charge in [0.25, 0.3) is 5.56 Å². The van der Waals surface area contributed by atoms with Crippen molar-refractivity contribution >= 4 is 16.8 Å². The van der Waals surface area contributed by atoms with Crippen LogP contribution < -0.4 is 10.9 Å². The van der Waals surface area contributed by atoms with Gasteiger partial charge in [0, 0.05) is 23.9 Å². The molecule has 0 saturated carbocycles. The normalized spacial score (nSPS) is 16.5. The highest BCUT2D eigenvalue weighted by Crippen LogP contribution is 2.45. The van der Waals surface area contributed by atoms with Crippen molar-refractivity contribution in [2.24, 2.45) is 0 Å². The number of aryl methyl sites for hydroxylation is 1. The first-order valence-electron chi connectivity index (χ1n) is 12.2. The third-order valence-electron chi connectivity index (χ3n) is 7.64. The van der Waals surface area contributed by atoms with Gasteiger partial charge in [-0.25, -0.2) is 9.37 Å². The number of aromatic nitrogens is 2. The molecule has 3 aromatic rings. The fourth-order valence-corrected chi connectivity index (χ4v) is 5.70. The van der Waals surface area contributed by atoms with Gasteiger partial charge in [0.1, 0.15) is 12.4 Å². The van der Waals surface area contributed by atoms with Gasteiger partial charge in [-0.15, -0.1) is 0 Å². The van der Waals surface area contributed by atoms with Crippen LogP contribution in [0.4, 0.5) is 4.39 Å². The molecule has 2 aromatic heterocycles. The smallest absolute Gasteiger partial charge is 0.258 e. The second-order valence-corrected chi connectivity index (χ2v) is 9.64. The van der Waals surface area contributed by atoms with Gasteiger partial charge in [-0.1, -0.05) is 20.4 Å². The van der Waals surface area contributed by atoms with Crippen LogP contribution in [0.3, 0.4) is 0 Å². The highest BCUT2D eigenvalue weighted by Gasteiger charge is 2.35. The zero-order chi connectivity index (χ0) is 25.0. The molecule has 35 heavy (non-hydrogen) atoms. The third-order valence-corrected chi connectivity index (χ3v) is 7.64. The van der Waals surface area contributed by atoms with E-state index in [4.69, 9.17) is 9.72 Å². The molecule has 0 saturated heterocycles. The number of carbonyl (C=O) groups is 1. The summed E-state index contributed by atoms with van der Waals surface area (Å²) < 4.78 is 22.0. The van der Waals surface area contributed by atoms with E-state index < -0.39 is 0 Å². The fourth-order valence-electron chi connectivity index (χ4n) is 5.70. The van der Waals surface area contributed by atoms with Crippen molar-refractivity contribution in [3.63, 3.8) is 0 Å². The maximum absolute atomic E-state index is 14.9. The average Bonchev–Trinajstić information content (AvgIpc) is 3.20. The minimum atomic E-state index is -0.281. The lowest BCUT2D eigenvalue weighted by atomic mass is 9.81. The SMILES string of the molecule is C=COCc1c(C(C)CC)cc2n(c1=O)Cc1c-2nc2cc(F)c(C)c3c2c1C(NC(C)=O)CC3. The second-order valence-electron chi connectivity index (χ2n) is 9.64. The molecule has 0 spiro atoms.